The second-order valence-corrected chi connectivity index (χ2v) is 3.17. The highest BCUT2D eigenvalue weighted by Crippen LogP contribution is 2.19. The van der Waals surface area contributed by atoms with Crippen LogP contribution >= 0.6 is 0 Å². The molecule has 0 spiro atoms. The Labute approximate surface area is 73.4 Å². The number of aliphatic hydroxyl groups is 1. The van der Waals surface area contributed by atoms with Crippen LogP contribution in [0.3, 0.4) is 0 Å². The Morgan fingerprint density at radius 2 is 2.42 bits per heavy atom. The Kier molecular flexibility index (Phi) is 3.29. The maximum Gasteiger partial charge on any atom is 0.0848 e. The minimum absolute atomic E-state index is 0.254. The van der Waals surface area contributed by atoms with Crippen LogP contribution in [-0.2, 0) is 0 Å². The molecule has 0 amide bonds. The average Bonchev–Trinajstić information content (AvgIpc) is 2.52. The van der Waals surface area contributed by atoms with Crippen molar-refractivity contribution in [1.82, 2.24) is 4.90 Å². The SMILES string of the molecule is CN=CN(C)[C@H]1C=C[C@@H](CO)C1. The zero-order valence-corrected chi connectivity index (χ0v) is 7.64. The fourth-order valence-corrected chi connectivity index (χ4v) is 1.46. The van der Waals surface area contributed by atoms with Crippen molar-refractivity contribution < 1.29 is 5.11 Å². The number of hydrogen-bond acceptors (Lipinski definition) is 2. The topological polar surface area (TPSA) is 35.8 Å². The minimum atomic E-state index is 0.254. The lowest BCUT2D eigenvalue weighted by molar-refractivity contribution is 0.239. The lowest BCUT2D eigenvalue weighted by Crippen LogP contribution is -2.28. The molecule has 3 heteroatoms. The van der Waals surface area contributed by atoms with Gasteiger partial charge in [-0.05, 0) is 6.42 Å². The van der Waals surface area contributed by atoms with E-state index in [0.29, 0.717) is 12.0 Å². The number of aliphatic hydroxyl groups excluding tert-OH is 1. The van der Waals surface area contributed by atoms with Crippen molar-refractivity contribution in [3.8, 4) is 0 Å². The van der Waals surface area contributed by atoms with E-state index in [1.807, 2.05) is 13.4 Å². The van der Waals surface area contributed by atoms with Gasteiger partial charge in [-0.3, -0.25) is 4.99 Å². The second kappa shape index (κ2) is 4.26. The van der Waals surface area contributed by atoms with Crippen LogP contribution in [0.2, 0.25) is 0 Å². The summed E-state index contributed by atoms with van der Waals surface area (Å²) in [6.45, 7) is 0.254. The fourth-order valence-electron chi connectivity index (χ4n) is 1.46. The highest BCUT2D eigenvalue weighted by Gasteiger charge is 2.19. The van der Waals surface area contributed by atoms with Crippen LogP contribution in [0.15, 0.2) is 17.1 Å². The van der Waals surface area contributed by atoms with Crippen LogP contribution < -0.4 is 0 Å². The highest BCUT2D eigenvalue weighted by molar-refractivity contribution is 5.55. The Bertz CT molecular complexity index is 189. The molecule has 0 bridgehead atoms. The fraction of sp³-hybridized carbons (Fsp3) is 0.667. The summed E-state index contributed by atoms with van der Waals surface area (Å²) in [7, 11) is 3.76. The van der Waals surface area contributed by atoms with Gasteiger partial charge in [0.15, 0.2) is 0 Å². The maximum absolute atomic E-state index is 8.89. The van der Waals surface area contributed by atoms with Gasteiger partial charge < -0.3 is 10.0 Å². The van der Waals surface area contributed by atoms with Crippen LogP contribution in [0.5, 0.6) is 0 Å². The quantitative estimate of drug-likeness (QED) is 0.379. The van der Waals surface area contributed by atoms with Crippen LogP contribution in [-0.4, -0.2) is 43.1 Å². The number of aliphatic imine (C=N–C) groups is 1. The van der Waals surface area contributed by atoms with E-state index < -0.39 is 0 Å². The molecular formula is C9H16N2O. The van der Waals surface area contributed by atoms with E-state index in [4.69, 9.17) is 5.11 Å². The molecular weight excluding hydrogens is 152 g/mol. The first-order chi connectivity index (χ1) is 5.77. The first-order valence-corrected chi connectivity index (χ1v) is 4.21. The summed E-state index contributed by atoms with van der Waals surface area (Å²) in [6.07, 6.45) is 7.01. The molecule has 0 aromatic rings. The molecule has 2 atom stereocenters. The first kappa shape index (κ1) is 9.26. The Balaban J connectivity index is 2.42. The van der Waals surface area contributed by atoms with Gasteiger partial charge in [0.05, 0.1) is 6.34 Å². The highest BCUT2D eigenvalue weighted by atomic mass is 16.3. The molecule has 1 aliphatic rings. The van der Waals surface area contributed by atoms with Crippen molar-refractivity contribution in [2.75, 3.05) is 20.7 Å². The summed E-state index contributed by atoms with van der Waals surface area (Å²) < 4.78 is 0. The van der Waals surface area contributed by atoms with E-state index in [-0.39, 0.29) is 6.61 Å². The van der Waals surface area contributed by atoms with Gasteiger partial charge in [0.1, 0.15) is 0 Å². The second-order valence-electron chi connectivity index (χ2n) is 3.17. The third-order valence-electron chi connectivity index (χ3n) is 2.20. The molecule has 1 rings (SSSR count). The van der Waals surface area contributed by atoms with Crippen LogP contribution in [0.1, 0.15) is 6.42 Å². The molecule has 12 heavy (non-hydrogen) atoms. The molecule has 1 aliphatic carbocycles. The van der Waals surface area contributed by atoms with Gasteiger partial charge >= 0.3 is 0 Å². The van der Waals surface area contributed by atoms with Crippen LogP contribution in [0, 0.1) is 5.92 Å². The summed E-state index contributed by atoms with van der Waals surface area (Å²) in [5.41, 5.74) is 0. The molecule has 0 radical (unpaired) electrons. The summed E-state index contributed by atoms with van der Waals surface area (Å²) in [6, 6.07) is 0.408. The summed E-state index contributed by atoms with van der Waals surface area (Å²) in [5, 5.41) is 8.89. The minimum Gasteiger partial charge on any atom is -0.396 e. The number of rotatable bonds is 3. The monoisotopic (exact) mass is 168 g/mol. The zero-order chi connectivity index (χ0) is 8.97. The number of hydrogen-bond donors (Lipinski definition) is 1. The van der Waals surface area contributed by atoms with Gasteiger partial charge in [-0.25, -0.2) is 0 Å². The average molecular weight is 168 g/mol. The Morgan fingerprint density at radius 3 is 2.92 bits per heavy atom. The molecule has 3 nitrogen and oxygen atoms in total. The van der Waals surface area contributed by atoms with Crippen LogP contribution in [0.4, 0.5) is 0 Å². The lowest BCUT2D eigenvalue weighted by Gasteiger charge is -2.20. The third kappa shape index (κ3) is 2.08. The molecule has 0 aromatic heterocycles. The number of likely N-dealkylation sites (N-methyl/N-ethyl adjacent to an activating group) is 1. The largest absolute Gasteiger partial charge is 0.396 e. The first-order valence-electron chi connectivity index (χ1n) is 4.21. The molecule has 0 aliphatic heterocycles. The smallest absolute Gasteiger partial charge is 0.0848 e. The molecule has 0 heterocycles. The Hall–Kier alpha value is -0.830. The van der Waals surface area contributed by atoms with E-state index in [9.17, 15) is 0 Å². The molecule has 0 saturated heterocycles. The van der Waals surface area contributed by atoms with Gasteiger partial charge in [0, 0.05) is 32.7 Å². The maximum atomic E-state index is 8.89. The van der Waals surface area contributed by atoms with E-state index in [0.717, 1.165) is 6.42 Å². The summed E-state index contributed by atoms with van der Waals surface area (Å²) in [5.74, 6) is 0.336. The van der Waals surface area contributed by atoms with E-state index in [1.54, 1.807) is 7.05 Å². The van der Waals surface area contributed by atoms with E-state index in [2.05, 4.69) is 22.0 Å². The van der Waals surface area contributed by atoms with E-state index >= 15 is 0 Å². The molecule has 0 saturated carbocycles. The zero-order valence-electron chi connectivity index (χ0n) is 7.64. The van der Waals surface area contributed by atoms with Crippen molar-refractivity contribution >= 4 is 6.34 Å². The van der Waals surface area contributed by atoms with Gasteiger partial charge in [-0.1, -0.05) is 12.2 Å². The molecule has 1 N–H and O–H groups in total. The summed E-state index contributed by atoms with van der Waals surface area (Å²) in [4.78, 5) is 6.00. The van der Waals surface area contributed by atoms with E-state index in [1.165, 1.54) is 0 Å². The summed E-state index contributed by atoms with van der Waals surface area (Å²) >= 11 is 0. The number of nitrogens with zero attached hydrogens (tertiary/aromatic N) is 2. The predicted octanol–water partition coefficient (Wildman–Crippen LogP) is 0.513. The van der Waals surface area contributed by atoms with Crippen molar-refractivity contribution in [3.63, 3.8) is 0 Å². The van der Waals surface area contributed by atoms with Gasteiger partial charge in [0.25, 0.3) is 0 Å². The standard InChI is InChI=1S/C9H16N2O/c1-10-7-11(2)9-4-3-8(5-9)6-12/h3-4,7-9,12H,5-6H2,1-2H3/t8-,9+/m1/s1. The van der Waals surface area contributed by atoms with Gasteiger partial charge in [-0.15, -0.1) is 0 Å². The lowest BCUT2D eigenvalue weighted by atomic mass is 10.1. The van der Waals surface area contributed by atoms with Gasteiger partial charge in [-0.2, -0.15) is 0 Å². The Morgan fingerprint density at radius 1 is 1.67 bits per heavy atom. The predicted molar refractivity (Wildman–Crippen MR) is 50.3 cm³/mol. The normalized spacial score (nSPS) is 28.6. The molecule has 0 fully saturated rings. The molecule has 0 unspecified atom stereocenters. The van der Waals surface area contributed by atoms with Crippen molar-refractivity contribution in [3.05, 3.63) is 12.2 Å². The molecule has 0 aromatic carbocycles. The third-order valence-corrected chi connectivity index (χ3v) is 2.20. The van der Waals surface area contributed by atoms with Crippen molar-refractivity contribution in [2.45, 2.75) is 12.5 Å². The van der Waals surface area contributed by atoms with Crippen molar-refractivity contribution in [2.24, 2.45) is 10.9 Å². The van der Waals surface area contributed by atoms with Gasteiger partial charge in [0.2, 0.25) is 0 Å². The molecule has 68 valence electrons. The van der Waals surface area contributed by atoms with Crippen LogP contribution in [0.25, 0.3) is 0 Å². The van der Waals surface area contributed by atoms with Crippen molar-refractivity contribution in [1.29, 1.82) is 0 Å².